The summed E-state index contributed by atoms with van der Waals surface area (Å²) >= 11 is 0. The van der Waals surface area contributed by atoms with E-state index in [1.165, 1.54) is 26.6 Å². The number of likely N-dealkylation sites (N-methyl/N-ethyl adjacent to an activating group) is 1. The van der Waals surface area contributed by atoms with Crippen molar-refractivity contribution in [2.45, 2.75) is 210 Å². The normalized spacial score (nSPS) is 14.5. The molecule has 0 unspecified atom stereocenters. The summed E-state index contributed by atoms with van der Waals surface area (Å²) in [6.07, 6.45) is 4.37. The van der Waals surface area contributed by atoms with Crippen molar-refractivity contribution in [3.05, 3.63) is 0 Å². The number of carbonyl (C=O) groups excluding carboxylic acids is 8. The largest absolute Gasteiger partial charge is 0.444 e. The van der Waals surface area contributed by atoms with Gasteiger partial charge in [0.1, 0.15) is 41.9 Å². The van der Waals surface area contributed by atoms with E-state index in [1.807, 2.05) is 41.5 Å². The Labute approximate surface area is 397 Å². The SMILES string of the molecule is CCCN[C@@H](C)C(=O)N(CCC)[C@@H](C)C(=O)N(CCC)[C@@H](C)C(=O)N(CCC)[C@@H](C)C(=O)N(CCC)[C@@H](C)C(=O)N(CCC)[C@@H](C)C(=O)N[C@H](CCCCNC(=O)OC(C)(C)C)C(=O)NC. The number of nitrogens with one attached hydrogen (secondary N) is 4. The molecule has 0 rings (SSSR count). The second-order valence-electron chi connectivity index (χ2n) is 18.3. The van der Waals surface area contributed by atoms with Crippen molar-refractivity contribution in [1.29, 1.82) is 0 Å². The number of unbranched alkanes of at least 4 members (excludes halogenated alkanes) is 1. The summed E-state index contributed by atoms with van der Waals surface area (Å²) in [5.74, 6) is -2.81. The Kier molecular flexibility index (Phi) is 29.3. The zero-order chi connectivity index (χ0) is 50.9. The van der Waals surface area contributed by atoms with Gasteiger partial charge in [0, 0.05) is 46.3 Å². The van der Waals surface area contributed by atoms with Crippen molar-refractivity contribution in [1.82, 2.24) is 45.8 Å². The maximum atomic E-state index is 14.6. The summed E-state index contributed by atoms with van der Waals surface area (Å²) in [6.45, 7) is 29.0. The van der Waals surface area contributed by atoms with Gasteiger partial charge < -0.3 is 50.5 Å². The fourth-order valence-corrected chi connectivity index (χ4v) is 7.72. The second kappa shape index (κ2) is 31.5. The molecule has 0 aromatic heterocycles. The van der Waals surface area contributed by atoms with E-state index < -0.39 is 83.5 Å². The van der Waals surface area contributed by atoms with Crippen LogP contribution in [0.3, 0.4) is 0 Å². The first-order valence-electron chi connectivity index (χ1n) is 24.7. The molecule has 0 saturated carbocycles. The van der Waals surface area contributed by atoms with Crippen LogP contribution in [-0.4, -0.2) is 173 Å². The monoisotopic (exact) mass is 938 g/mol. The number of carbonyl (C=O) groups is 8. The highest BCUT2D eigenvalue weighted by atomic mass is 16.6. The molecule has 0 fully saturated rings. The Morgan fingerprint density at radius 1 is 0.485 bits per heavy atom. The van der Waals surface area contributed by atoms with Crippen molar-refractivity contribution >= 4 is 47.4 Å². The molecule has 18 nitrogen and oxygen atoms in total. The highest BCUT2D eigenvalue weighted by molar-refractivity contribution is 5.97. The van der Waals surface area contributed by atoms with Gasteiger partial charge >= 0.3 is 6.09 Å². The van der Waals surface area contributed by atoms with E-state index in [0.29, 0.717) is 64.6 Å². The Morgan fingerprint density at radius 2 is 0.848 bits per heavy atom. The van der Waals surface area contributed by atoms with Crippen LogP contribution >= 0.6 is 0 Å². The smallest absolute Gasteiger partial charge is 0.407 e. The van der Waals surface area contributed by atoms with Gasteiger partial charge in [0.2, 0.25) is 41.4 Å². The average molecular weight is 938 g/mol. The van der Waals surface area contributed by atoms with Gasteiger partial charge in [-0.3, -0.25) is 33.6 Å². The van der Waals surface area contributed by atoms with E-state index in [9.17, 15) is 38.4 Å². The minimum Gasteiger partial charge on any atom is -0.444 e. The Morgan fingerprint density at radius 3 is 1.18 bits per heavy atom. The third-order valence-electron chi connectivity index (χ3n) is 11.4. The van der Waals surface area contributed by atoms with Crippen LogP contribution < -0.4 is 21.3 Å². The summed E-state index contributed by atoms with van der Waals surface area (Å²) in [5.41, 5.74) is -0.635. The molecule has 4 N–H and O–H groups in total. The van der Waals surface area contributed by atoms with Crippen LogP contribution in [-0.2, 0) is 38.3 Å². The summed E-state index contributed by atoms with van der Waals surface area (Å²) < 4.78 is 5.26. The van der Waals surface area contributed by atoms with Crippen LogP contribution in [0, 0.1) is 0 Å². The van der Waals surface area contributed by atoms with Crippen molar-refractivity contribution in [3.63, 3.8) is 0 Å². The Hall–Kier alpha value is -4.48. The molecule has 0 radical (unpaired) electrons. The molecule has 0 spiro atoms. The number of nitrogens with zero attached hydrogens (tertiary/aromatic N) is 5. The molecule has 0 aliphatic carbocycles. The predicted molar refractivity (Wildman–Crippen MR) is 259 cm³/mol. The van der Waals surface area contributed by atoms with Crippen LogP contribution in [0.5, 0.6) is 0 Å². The lowest BCUT2D eigenvalue weighted by atomic mass is 10.1. The second-order valence-corrected chi connectivity index (χ2v) is 18.3. The minimum absolute atomic E-state index is 0.188. The van der Waals surface area contributed by atoms with E-state index in [-0.39, 0.29) is 44.4 Å². The molecule has 0 aliphatic rings. The molecule has 8 amide bonds. The maximum absolute atomic E-state index is 14.6. The standard InChI is InChI=1S/C48H91N9O9/c1-17-26-50-33(7)42(60)54(29-19-3)35(9)44(62)56(31-21-5)37(11)46(64)57(32-22-6)38(12)45(63)55(30-20-4)36(10)43(61)53(28-18-2)34(8)40(58)52-39(41(59)49-16)25-23-24-27-51-47(65)66-48(13,14)15/h33-39,50H,17-32H2,1-16H3,(H,49,59)(H,51,65)(H,52,58)/t33-,34-,35-,36-,37-,38-,39+/m0/s1. The van der Waals surface area contributed by atoms with Crippen LogP contribution in [0.1, 0.15) is 162 Å². The molecule has 18 heteroatoms. The first kappa shape index (κ1) is 61.5. The molecule has 382 valence electrons. The molecule has 66 heavy (non-hydrogen) atoms. The molecule has 0 aromatic carbocycles. The summed E-state index contributed by atoms with van der Waals surface area (Å²) in [7, 11) is 1.47. The quantitative estimate of drug-likeness (QED) is 0.0719. The average Bonchev–Trinajstić information content (AvgIpc) is 3.27. The fourth-order valence-electron chi connectivity index (χ4n) is 7.72. The lowest BCUT2D eigenvalue weighted by Gasteiger charge is -2.40. The van der Waals surface area contributed by atoms with Crippen LogP contribution in [0.4, 0.5) is 4.79 Å². The van der Waals surface area contributed by atoms with Crippen molar-refractivity contribution in [2.24, 2.45) is 0 Å². The van der Waals surface area contributed by atoms with Gasteiger partial charge in [-0.1, -0.05) is 41.5 Å². The molecule has 7 atom stereocenters. The van der Waals surface area contributed by atoms with Gasteiger partial charge in [0.25, 0.3) is 0 Å². The maximum Gasteiger partial charge on any atom is 0.407 e. The number of rotatable bonds is 31. The van der Waals surface area contributed by atoms with E-state index in [2.05, 4.69) is 21.3 Å². The molecule has 0 bridgehead atoms. The third-order valence-corrected chi connectivity index (χ3v) is 11.4. The predicted octanol–water partition coefficient (Wildman–Crippen LogP) is 4.44. The molecule has 0 aromatic rings. The molecule has 0 saturated heterocycles. The van der Waals surface area contributed by atoms with Gasteiger partial charge in [0.15, 0.2) is 0 Å². The van der Waals surface area contributed by atoms with E-state index in [1.54, 1.807) is 67.2 Å². The summed E-state index contributed by atoms with van der Waals surface area (Å²) in [5, 5.41) is 11.3. The molecule has 0 heterocycles. The van der Waals surface area contributed by atoms with Crippen LogP contribution in [0.2, 0.25) is 0 Å². The van der Waals surface area contributed by atoms with E-state index in [0.717, 1.165) is 6.42 Å². The zero-order valence-corrected chi connectivity index (χ0v) is 43.8. The summed E-state index contributed by atoms with van der Waals surface area (Å²) in [4.78, 5) is 118. The van der Waals surface area contributed by atoms with Crippen molar-refractivity contribution < 1.29 is 43.1 Å². The first-order valence-corrected chi connectivity index (χ1v) is 24.7. The summed E-state index contributed by atoms with van der Waals surface area (Å²) in [6, 6.07) is -6.19. The number of ether oxygens (including phenoxy) is 1. The lowest BCUT2D eigenvalue weighted by Crippen LogP contribution is -2.61. The number of alkyl carbamates (subject to hydrolysis) is 1. The fraction of sp³-hybridized carbons (Fsp3) is 0.833. The molecular weight excluding hydrogens is 847 g/mol. The van der Waals surface area contributed by atoms with Gasteiger partial charge in [-0.25, -0.2) is 4.79 Å². The van der Waals surface area contributed by atoms with Crippen LogP contribution in [0.25, 0.3) is 0 Å². The molecule has 0 aliphatic heterocycles. The topological polar surface area (TPSA) is 210 Å². The number of hydrogen-bond acceptors (Lipinski definition) is 10. The third kappa shape index (κ3) is 19.8. The van der Waals surface area contributed by atoms with Gasteiger partial charge in [-0.2, -0.15) is 0 Å². The van der Waals surface area contributed by atoms with E-state index in [4.69, 9.17) is 4.74 Å². The Balaban J connectivity index is 6.41. The highest BCUT2D eigenvalue weighted by Crippen LogP contribution is 2.19. The number of amides is 8. The van der Waals surface area contributed by atoms with Gasteiger partial charge in [-0.15, -0.1) is 0 Å². The van der Waals surface area contributed by atoms with Gasteiger partial charge in [0.05, 0.1) is 6.04 Å². The van der Waals surface area contributed by atoms with Crippen molar-refractivity contribution in [3.8, 4) is 0 Å². The highest BCUT2D eigenvalue weighted by Gasteiger charge is 2.40. The van der Waals surface area contributed by atoms with E-state index >= 15 is 0 Å². The van der Waals surface area contributed by atoms with Gasteiger partial charge in [-0.05, 0) is 127 Å². The Bertz CT molecular complexity index is 1540. The van der Waals surface area contributed by atoms with Crippen LogP contribution in [0.15, 0.2) is 0 Å². The first-order chi connectivity index (χ1) is 31.0. The zero-order valence-electron chi connectivity index (χ0n) is 43.8. The number of hydrogen-bond donors (Lipinski definition) is 4. The lowest BCUT2D eigenvalue weighted by molar-refractivity contribution is -0.156. The van der Waals surface area contributed by atoms with Crippen molar-refractivity contribution in [2.75, 3.05) is 52.9 Å². The molecular formula is C48H91N9O9. The minimum atomic E-state index is -1.01.